The summed E-state index contributed by atoms with van der Waals surface area (Å²) < 4.78 is 106. The van der Waals surface area contributed by atoms with Crippen molar-refractivity contribution in [2.24, 2.45) is 0 Å². The van der Waals surface area contributed by atoms with E-state index in [9.17, 15) is 18.3 Å². The van der Waals surface area contributed by atoms with Crippen molar-refractivity contribution in [3.63, 3.8) is 0 Å². The van der Waals surface area contributed by atoms with Gasteiger partial charge >= 0.3 is 31.0 Å². The van der Waals surface area contributed by atoms with Gasteiger partial charge in [0.15, 0.2) is 0 Å². The molecule has 0 rings (SSSR count). The van der Waals surface area contributed by atoms with Crippen LogP contribution < -0.4 is 0 Å². The van der Waals surface area contributed by atoms with Crippen LogP contribution in [0, 0.1) is 0 Å². The van der Waals surface area contributed by atoms with E-state index in [-0.39, 0.29) is 92.1 Å². The summed E-state index contributed by atoms with van der Waals surface area (Å²) in [6.45, 7) is 24.9. The third kappa shape index (κ3) is 18.1. The van der Waals surface area contributed by atoms with E-state index in [1.54, 1.807) is 98.4 Å². The summed E-state index contributed by atoms with van der Waals surface area (Å²) in [7, 11) is -14.6. The second-order valence-electron chi connectivity index (χ2n) is 10.6. The van der Waals surface area contributed by atoms with Gasteiger partial charge in [-0.15, -0.1) is 13.2 Å². The van der Waals surface area contributed by atoms with Crippen LogP contribution in [0.3, 0.4) is 0 Å². The Morgan fingerprint density at radius 1 is 0.385 bits per heavy atom. The third-order valence-corrected chi connectivity index (χ3v) is 15.8. The molecule has 0 aliphatic carbocycles. The first-order valence-corrected chi connectivity index (χ1v) is 24.3. The first-order chi connectivity index (χ1) is 24.8. The molecule has 0 aromatic carbocycles. The van der Waals surface area contributed by atoms with Crippen molar-refractivity contribution in [2.75, 3.05) is 105 Å². The second kappa shape index (κ2) is 29.0. The molecule has 0 aliphatic rings. The Labute approximate surface area is 314 Å². The Kier molecular flexibility index (Phi) is 28.8. The van der Waals surface area contributed by atoms with Crippen LogP contribution in [0.5, 0.6) is 0 Å². The van der Waals surface area contributed by atoms with Gasteiger partial charge in [0, 0.05) is 52.4 Å². The molecule has 0 saturated carbocycles. The monoisotopic (exact) mass is 824 g/mol. The number of nitrogens with zero attached hydrogens (tertiary/aromatic N) is 4. The molecule has 0 fully saturated rings. The van der Waals surface area contributed by atoms with Gasteiger partial charge in [-0.1, -0.05) is 24.3 Å². The molecule has 0 saturated heterocycles. The summed E-state index contributed by atoms with van der Waals surface area (Å²) in [5.41, 5.74) is 0. The van der Waals surface area contributed by atoms with Gasteiger partial charge < -0.3 is 0 Å². The van der Waals surface area contributed by atoms with Crippen LogP contribution in [-0.4, -0.2) is 124 Å². The topological polar surface area (TPSA) is 155 Å². The van der Waals surface area contributed by atoms with Gasteiger partial charge in [-0.05, 0) is 68.2 Å². The summed E-state index contributed by atoms with van der Waals surface area (Å²) in [6.07, 6.45) is 7.66. The maximum atomic E-state index is 14.0. The van der Waals surface area contributed by atoms with Gasteiger partial charge in [-0.25, -0.2) is 36.9 Å². The Bertz CT molecular complexity index is 1070. The molecule has 0 bridgehead atoms. The molecule has 0 aromatic heterocycles. The molecule has 20 heteroatoms. The molecule has 0 heterocycles. The molecule has 0 aliphatic heterocycles. The molecule has 0 aromatic rings. The molecule has 0 N–H and O–H groups in total. The van der Waals surface area contributed by atoms with Crippen molar-refractivity contribution in [1.29, 1.82) is 0 Å². The van der Waals surface area contributed by atoms with Gasteiger partial charge in [0.2, 0.25) is 0 Å². The first kappa shape index (κ1) is 51.7. The standard InChI is InChI=1S/C32H68N4O12P4/c1-11-25-33(49(37,41-13-3)42-14-4)29-23-31-35(51(39,45-17-7)46-18-8)27-21-22-28-36(52(40,47-19-9)48-20-10)32-24-30-34(26-12-2)50(38,43-15-5)44-16-6/h11-12,21-22H,1-2,13-20,23-32H2,3-10H3. The van der Waals surface area contributed by atoms with Crippen LogP contribution in [0.2, 0.25) is 0 Å². The minimum absolute atomic E-state index is 0.159. The van der Waals surface area contributed by atoms with Crippen molar-refractivity contribution in [2.45, 2.75) is 68.2 Å². The van der Waals surface area contributed by atoms with E-state index in [1.807, 2.05) is 0 Å². The van der Waals surface area contributed by atoms with Crippen LogP contribution in [0.15, 0.2) is 37.5 Å². The SMILES string of the molecule is C=CCN(CCCN(CC=CCN(CCCN(CC=C)P(=O)(OCC)OCC)P(=O)(OCC)OCC)P(=O)(OCC)OCC)P(=O)(OCC)OCC. The van der Waals surface area contributed by atoms with E-state index in [4.69, 9.17) is 36.2 Å². The van der Waals surface area contributed by atoms with Gasteiger partial charge in [-0.2, -0.15) is 0 Å². The Hall–Kier alpha value is -0.340. The quantitative estimate of drug-likeness (QED) is 0.0437. The molecule has 0 radical (unpaired) electrons. The summed E-state index contributed by atoms with van der Waals surface area (Å²) in [5, 5.41) is 0. The van der Waals surface area contributed by atoms with E-state index < -0.39 is 31.0 Å². The van der Waals surface area contributed by atoms with E-state index in [1.165, 1.54) is 0 Å². The largest absolute Gasteiger partial charge is 0.408 e. The molecule has 308 valence electrons. The van der Waals surface area contributed by atoms with Crippen LogP contribution in [-0.2, 0) is 54.5 Å². The highest BCUT2D eigenvalue weighted by Crippen LogP contribution is 2.55. The Morgan fingerprint density at radius 3 is 0.750 bits per heavy atom. The molecular weight excluding hydrogens is 756 g/mol. The van der Waals surface area contributed by atoms with Crippen molar-refractivity contribution in [3.05, 3.63) is 37.5 Å². The van der Waals surface area contributed by atoms with E-state index >= 15 is 0 Å². The highest BCUT2D eigenvalue weighted by molar-refractivity contribution is 7.52. The minimum Gasteiger partial charge on any atom is -0.297 e. The zero-order valence-corrected chi connectivity index (χ0v) is 36.5. The zero-order valence-electron chi connectivity index (χ0n) is 32.9. The predicted octanol–water partition coefficient (Wildman–Crippen LogP) is 8.63. The van der Waals surface area contributed by atoms with E-state index in [0.29, 0.717) is 25.9 Å². The fourth-order valence-electron chi connectivity index (χ4n) is 4.92. The molecule has 0 atom stereocenters. The maximum absolute atomic E-state index is 14.0. The van der Waals surface area contributed by atoms with Crippen LogP contribution in [0.4, 0.5) is 0 Å². The summed E-state index contributed by atoms with van der Waals surface area (Å²) in [5.74, 6) is 0. The lowest BCUT2D eigenvalue weighted by molar-refractivity contribution is 0.159. The van der Waals surface area contributed by atoms with Gasteiger partial charge in [0.1, 0.15) is 0 Å². The predicted molar refractivity (Wildman–Crippen MR) is 208 cm³/mol. The summed E-state index contributed by atoms with van der Waals surface area (Å²) in [4.78, 5) is 0. The number of hydrogen-bond donors (Lipinski definition) is 0. The Morgan fingerprint density at radius 2 is 0.577 bits per heavy atom. The number of rotatable bonds is 36. The highest BCUT2D eigenvalue weighted by atomic mass is 31.2. The van der Waals surface area contributed by atoms with Crippen LogP contribution >= 0.6 is 31.0 Å². The third-order valence-electron chi connectivity index (χ3n) is 6.87. The minimum atomic E-state index is -3.72. The second-order valence-corrected chi connectivity index (χ2v) is 18.7. The van der Waals surface area contributed by atoms with Gasteiger partial charge in [0.25, 0.3) is 0 Å². The molecule has 0 unspecified atom stereocenters. The average Bonchev–Trinajstić information content (AvgIpc) is 3.08. The lowest BCUT2D eigenvalue weighted by Gasteiger charge is -2.32. The number of hydrogen-bond acceptors (Lipinski definition) is 12. The summed E-state index contributed by atoms with van der Waals surface area (Å²) >= 11 is 0. The Balaban J connectivity index is 6.24. The van der Waals surface area contributed by atoms with Crippen LogP contribution in [0.1, 0.15) is 68.2 Å². The van der Waals surface area contributed by atoms with E-state index in [2.05, 4.69) is 13.2 Å². The van der Waals surface area contributed by atoms with Crippen molar-refractivity contribution >= 4 is 31.0 Å². The summed E-state index contributed by atoms with van der Waals surface area (Å²) in [6, 6.07) is 0. The molecule has 16 nitrogen and oxygen atoms in total. The normalized spacial score (nSPS) is 13.4. The lowest BCUT2D eigenvalue weighted by atomic mass is 10.4. The molecule has 0 amide bonds. The highest BCUT2D eigenvalue weighted by Gasteiger charge is 2.37. The molecule has 0 spiro atoms. The van der Waals surface area contributed by atoms with Gasteiger partial charge in [-0.3, -0.25) is 36.2 Å². The zero-order chi connectivity index (χ0) is 39.5. The molecular formula is C32H68N4O12P4. The first-order valence-electron chi connectivity index (χ1n) is 18.3. The maximum Gasteiger partial charge on any atom is 0.408 e. The average molecular weight is 825 g/mol. The van der Waals surface area contributed by atoms with E-state index in [0.717, 1.165) is 0 Å². The fourth-order valence-corrected chi connectivity index (χ4v) is 11.9. The van der Waals surface area contributed by atoms with Crippen molar-refractivity contribution < 1.29 is 54.5 Å². The molecule has 52 heavy (non-hydrogen) atoms. The lowest BCUT2D eigenvalue weighted by Crippen LogP contribution is -2.30. The van der Waals surface area contributed by atoms with Crippen molar-refractivity contribution in [3.8, 4) is 0 Å². The smallest absolute Gasteiger partial charge is 0.297 e. The van der Waals surface area contributed by atoms with Gasteiger partial charge in [0.05, 0.1) is 52.9 Å². The fraction of sp³-hybridized carbons (Fsp3) is 0.812. The van der Waals surface area contributed by atoms with Crippen molar-refractivity contribution in [1.82, 2.24) is 18.7 Å². The van der Waals surface area contributed by atoms with Crippen LogP contribution in [0.25, 0.3) is 0 Å².